The number of nitro benzene ring substituents is 1. The van der Waals surface area contributed by atoms with Crippen LogP contribution in [-0.2, 0) is 4.79 Å². The Bertz CT molecular complexity index is 1510. The van der Waals surface area contributed by atoms with Gasteiger partial charge in [-0.3, -0.25) is 29.4 Å². The number of amides is 3. The van der Waals surface area contributed by atoms with Crippen LogP contribution in [0.5, 0.6) is 11.5 Å². The minimum atomic E-state index is -1.23. The molecule has 0 spiro atoms. The first-order chi connectivity index (χ1) is 17.7. The zero-order chi connectivity index (χ0) is 26.6. The zero-order valence-electron chi connectivity index (χ0n) is 19.9. The van der Waals surface area contributed by atoms with Crippen LogP contribution in [0.1, 0.15) is 37.9 Å². The highest BCUT2D eigenvalue weighted by atomic mass is 35.5. The number of ether oxygens (including phenoxy) is 2. The van der Waals surface area contributed by atoms with E-state index in [0.29, 0.717) is 27.8 Å². The van der Waals surface area contributed by atoms with Crippen LogP contribution in [0, 0.1) is 17.0 Å². The minimum Gasteiger partial charge on any atom is -0.497 e. The Kier molecular flexibility index (Phi) is 5.83. The quantitative estimate of drug-likeness (QED) is 0.205. The van der Waals surface area contributed by atoms with Crippen LogP contribution in [0.15, 0.2) is 54.6 Å². The van der Waals surface area contributed by atoms with Crippen molar-refractivity contribution in [2.75, 3.05) is 19.1 Å². The number of anilines is 1. The lowest BCUT2D eigenvalue weighted by atomic mass is 9.85. The van der Waals surface area contributed by atoms with Crippen LogP contribution in [-0.4, -0.2) is 47.8 Å². The van der Waals surface area contributed by atoms with E-state index < -0.39 is 34.7 Å². The van der Waals surface area contributed by atoms with E-state index in [1.807, 2.05) is 6.92 Å². The zero-order valence-corrected chi connectivity index (χ0v) is 20.7. The number of nitrogens with zero attached hydrogens (tertiary/aromatic N) is 3. The standard InChI is InChI=1S/C26H20ClN3O7/c1-13-4-5-14(11-20(13)27)28-22(19-12-16(36-2)7-9-21(19)37-3)23(26(28)33)29-24(31)17-8-6-15(30(34)35)10-18(17)25(29)32/h4-12,22-23H,1-3H3/t22-,23+/m1/s1. The molecular formula is C26H20ClN3O7. The fraction of sp³-hybridized carbons (Fsp3) is 0.192. The van der Waals surface area contributed by atoms with Gasteiger partial charge >= 0.3 is 0 Å². The van der Waals surface area contributed by atoms with Gasteiger partial charge in [0, 0.05) is 28.4 Å². The fourth-order valence-corrected chi connectivity index (χ4v) is 4.91. The molecule has 0 aliphatic carbocycles. The molecule has 3 amide bonds. The normalized spacial score (nSPS) is 18.5. The summed E-state index contributed by atoms with van der Waals surface area (Å²) in [5.41, 5.74) is 1.33. The summed E-state index contributed by atoms with van der Waals surface area (Å²) in [7, 11) is 2.96. The van der Waals surface area contributed by atoms with Gasteiger partial charge in [0.2, 0.25) is 0 Å². The molecule has 37 heavy (non-hydrogen) atoms. The average molecular weight is 522 g/mol. The molecule has 1 fully saturated rings. The lowest BCUT2D eigenvalue weighted by Crippen LogP contribution is -2.67. The van der Waals surface area contributed by atoms with E-state index in [0.717, 1.165) is 22.6 Å². The third-order valence-electron chi connectivity index (χ3n) is 6.65. The Morgan fingerprint density at radius 1 is 0.865 bits per heavy atom. The maximum atomic E-state index is 13.7. The molecule has 0 unspecified atom stereocenters. The highest BCUT2D eigenvalue weighted by Gasteiger charge is 2.58. The molecule has 2 aliphatic rings. The summed E-state index contributed by atoms with van der Waals surface area (Å²) in [6.07, 6.45) is 0. The van der Waals surface area contributed by atoms with Gasteiger partial charge in [-0.15, -0.1) is 0 Å². The van der Waals surface area contributed by atoms with Gasteiger partial charge in [0.15, 0.2) is 0 Å². The molecule has 0 N–H and O–H groups in total. The topological polar surface area (TPSA) is 119 Å². The molecule has 3 aromatic carbocycles. The maximum absolute atomic E-state index is 13.7. The molecule has 1 saturated heterocycles. The van der Waals surface area contributed by atoms with Gasteiger partial charge < -0.3 is 14.4 Å². The lowest BCUT2D eigenvalue weighted by Gasteiger charge is -2.50. The van der Waals surface area contributed by atoms with Crippen molar-refractivity contribution in [2.45, 2.75) is 19.0 Å². The molecule has 5 rings (SSSR count). The molecule has 2 heterocycles. The van der Waals surface area contributed by atoms with E-state index in [4.69, 9.17) is 21.1 Å². The second-order valence-electron chi connectivity index (χ2n) is 8.61. The van der Waals surface area contributed by atoms with Crippen molar-refractivity contribution in [3.05, 3.63) is 92.0 Å². The third kappa shape index (κ3) is 3.68. The van der Waals surface area contributed by atoms with Crippen molar-refractivity contribution < 1.29 is 28.8 Å². The first-order valence-corrected chi connectivity index (χ1v) is 11.5. The second kappa shape index (κ2) is 8.90. The summed E-state index contributed by atoms with van der Waals surface area (Å²) in [5, 5.41) is 11.7. The van der Waals surface area contributed by atoms with Gasteiger partial charge in [0.25, 0.3) is 23.4 Å². The number of hydrogen-bond acceptors (Lipinski definition) is 7. The summed E-state index contributed by atoms with van der Waals surface area (Å²) < 4.78 is 10.9. The summed E-state index contributed by atoms with van der Waals surface area (Å²) in [6, 6.07) is 11.5. The first-order valence-electron chi connectivity index (χ1n) is 11.2. The van der Waals surface area contributed by atoms with Gasteiger partial charge in [-0.05, 0) is 48.9 Å². The Balaban J connectivity index is 1.64. The Morgan fingerprint density at radius 2 is 1.59 bits per heavy atom. The molecule has 0 aromatic heterocycles. The van der Waals surface area contributed by atoms with E-state index in [1.165, 1.54) is 25.2 Å². The molecular weight excluding hydrogens is 502 g/mol. The van der Waals surface area contributed by atoms with Gasteiger partial charge in [-0.1, -0.05) is 17.7 Å². The van der Waals surface area contributed by atoms with Crippen molar-refractivity contribution >= 4 is 40.7 Å². The SMILES string of the molecule is COc1ccc(OC)c([C@@H]2[C@H](N3C(=O)c4ccc([N+](=O)[O-])cc4C3=O)C(=O)N2c2ccc(C)c(Cl)c2)c1. The van der Waals surface area contributed by atoms with Crippen LogP contribution >= 0.6 is 11.6 Å². The number of carbonyl (C=O) groups excluding carboxylic acids is 3. The largest absolute Gasteiger partial charge is 0.497 e. The summed E-state index contributed by atoms with van der Waals surface area (Å²) in [5.74, 6) is -1.11. The summed E-state index contributed by atoms with van der Waals surface area (Å²) in [6.45, 7) is 1.83. The van der Waals surface area contributed by atoms with Gasteiger partial charge in [-0.2, -0.15) is 0 Å². The molecule has 0 saturated carbocycles. The molecule has 188 valence electrons. The van der Waals surface area contributed by atoms with Crippen molar-refractivity contribution in [3.63, 3.8) is 0 Å². The number of aryl methyl sites for hydroxylation is 1. The van der Waals surface area contributed by atoms with E-state index >= 15 is 0 Å². The minimum absolute atomic E-state index is 0.00316. The van der Waals surface area contributed by atoms with Crippen LogP contribution in [0.3, 0.4) is 0 Å². The molecule has 2 atom stereocenters. The molecule has 0 radical (unpaired) electrons. The van der Waals surface area contributed by atoms with Gasteiger partial charge in [-0.25, -0.2) is 0 Å². The average Bonchev–Trinajstić information content (AvgIpc) is 3.13. The molecule has 3 aromatic rings. The predicted molar refractivity (Wildman–Crippen MR) is 133 cm³/mol. The summed E-state index contributed by atoms with van der Waals surface area (Å²) in [4.78, 5) is 53.3. The van der Waals surface area contributed by atoms with Crippen molar-refractivity contribution in [2.24, 2.45) is 0 Å². The summed E-state index contributed by atoms with van der Waals surface area (Å²) >= 11 is 6.34. The maximum Gasteiger partial charge on any atom is 0.270 e. The monoisotopic (exact) mass is 521 g/mol. The van der Waals surface area contributed by atoms with Crippen molar-refractivity contribution in [3.8, 4) is 11.5 Å². The van der Waals surface area contributed by atoms with E-state index in [9.17, 15) is 24.5 Å². The second-order valence-corrected chi connectivity index (χ2v) is 9.01. The van der Waals surface area contributed by atoms with E-state index in [-0.39, 0.29) is 16.8 Å². The number of halogens is 1. The molecule has 2 aliphatic heterocycles. The number of rotatable bonds is 6. The van der Waals surface area contributed by atoms with Crippen LogP contribution in [0.25, 0.3) is 0 Å². The number of hydrogen-bond donors (Lipinski definition) is 0. The number of fused-ring (bicyclic) bond motifs is 1. The molecule has 10 nitrogen and oxygen atoms in total. The number of non-ortho nitro benzene ring substituents is 1. The number of benzene rings is 3. The van der Waals surface area contributed by atoms with Gasteiger partial charge in [0.1, 0.15) is 17.5 Å². The number of carbonyl (C=O) groups is 3. The fourth-order valence-electron chi connectivity index (χ4n) is 4.74. The third-order valence-corrected chi connectivity index (χ3v) is 7.05. The Hall–Kier alpha value is -4.44. The highest BCUT2D eigenvalue weighted by molar-refractivity contribution is 6.32. The number of methoxy groups -OCH3 is 2. The molecule has 0 bridgehead atoms. The van der Waals surface area contributed by atoms with E-state index in [1.54, 1.807) is 36.4 Å². The Labute approximate surface area is 216 Å². The molecule has 11 heteroatoms. The predicted octanol–water partition coefficient (Wildman–Crippen LogP) is 4.33. The van der Waals surface area contributed by atoms with Crippen LogP contribution < -0.4 is 14.4 Å². The van der Waals surface area contributed by atoms with Crippen molar-refractivity contribution in [1.29, 1.82) is 0 Å². The Morgan fingerprint density at radius 3 is 2.24 bits per heavy atom. The van der Waals surface area contributed by atoms with Crippen LogP contribution in [0.2, 0.25) is 5.02 Å². The number of imide groups is 1. The highest BCUT2D eigenvalue weighted by Crippen LogP contribution is 2.48. The number of β-lactam (4-membered cyclic amide) rings is 1. The first kappa shape index (κ1) is 24.3. The van der Waals surface area contributed by atoms with Gasteiger partial charge in [0.05, 0.1) is 36.3 Å². The van der Waals surface area contributed by atoms with Crippen molar-refractivity contribution in [1.82, 2.24) is 4.90 Å². The van der Waals surface area contributed by atoms with E-state index in [2.05, 4.69) is 0 Å². The number of nitro groups is 1. The smallest absolute Gasteiger partial charge is 0.270 e. The lowest BCUT2D eigenvalue weighted by molar-refractivity contribution is -0.384. The van der Waals surface area contributed by atoms with Crippen LogP contribution in [0.4, 0.5) is 11.4 Å².